The first kappa shape index (κ1) is 20.7. The van der Waals surface area contributed by atoms with Crippen molar-refractivity contribution >= 4 is 35.0 Å². The van der Waals surface area contributed by atoms with Gasteiger partial charge in [-0.15, -0.1) is 0 Å². The van der Waals surface area contributed by atoms with E-state index in [1.165, 1.54) is 18.6 Å². The monoisotopic (exact) mass is 421 g/mol. The fourth-order valence-corrected chi connectivity index (χ4v) is 3.14. The maximum absolute atomic E-state index is 13.9. The van der Waals surface area contributed by atoms with E-state index in [0.29, 0.717) is 33.7 Å². The number of pyridine rings is 2. The second kappa shape index (κ2) is 8.52. The van der Waals surface area contributed by atoms with E-state index in [4.69, 9.17) is 17.3 Å². The molecule has 0 aliphatic carbocycles. The summed E-state index contributed by atoms with van der Waals surface area (Å²) >= 11 is 6.31. The van der Waals surface area contributed by atoms with Crippen LogP contribution >= 0.6 is 11.6 Å². The average Bonchev–Trinajstić information content (AvgIpc) is 3.03. The Hall–Kier alpha value is -3.07. The molecule has 3 rings (SSSR count). The Kier molecular flexibility index (Phi) is 6.07. The maximum Gasteiger partial charge on any atom is 0.250 e. The number of carbonyl (C=O) groups is 2. The Morgan fingerprint density at radius 2 is 2.07 bits per heavy atom. The minimum Gasteiger partial charge on any atom is -0.366 e. The molecule has 152 valence electrons. The zero-order chi connectivity index (χ0) is 21.0. The summed E-state index contributed by atoms with van der Waals surface area (Å²) in [5.41, 5.74) is 7.20. The van der Waals surface area contributed by atoms with Crippen LogP contribution in [0.15, 0.2) is 36.9 Å². The smallest absolute Gasteiger partial charge is 0.250 e. The molecule has 3 aromatic heterocycles. The molecule has 0 aliphatic heterocycles. The molecule has 0 bridgehead atoms. The van der Waals surface area contributed by atoms with Crippen molar-refractivity contribution in [1.82, 2.24) is 19.9 Å². The predicted octanol–water partition coefficient (Wildman–Crippen LogP) is 2.88. The van der Waals surface area contributed by atoms with Crippen LogP contribution in [0.1, 0.15) is 28.8 Å². The number of rotatable bonds is 9. The van der Waals surface area contributed by atoms with E-state index >= 15 is 0 Å². The summed E-state index contributed by atoms with van der Waals surface area (Å²) in [4.78, 5) is 29.9. The van der Waals surface area contributed by atoms with Gasteiger partial charge in [0.15, 0.2) is 0 Å². The highest BCUT2D eigenvalue weighted by molar-refractivity contribution is 6.35. The first-order chi connectivity index (χ1) is 13.8. The van der Waals surface area contributed by atoms with Gasteiger partial charge in [-0.25, -0.2) is 13.8 Å². The first-order valence-electron chi connectivity index (χ1n) is 8.76. The van der Waals surface area contributed by atoms with Crippen molar-refractivity contribution in [2.45, 2.75) is 25.2 Å². The third-order valence-corrected chi connectivity index (χ3v) is 4.74. The molecule has 2 amide bonds. The summed E-state index contributed by atoms with van der Waals surface area (Å²) in [6.07, 6.45) is 5.73. The number of halogens is 3. The summed E-state index contributed by atoms with van der Waals surface area (Å²) in [5, 5.41) is 3.22. The number of nitrogens with two attached hydrogens (primary N) is 1. The molecule has 0 fully saturated rings. The van der Waals surface area contributed by atoms with Crippen molar-refractivity contribution in [2.75, 3.05) is 6.54 Å². The Labute approximate surface area is 169 Å². The molecule has 0 spiro atoms. The summed E-state index contributed by atoms with van der Waals surface area (Å²) < 4.78 is 29.5. The topological polar surface area (TPSA) is 103 Å². The molecule has 0 aromatic carbocycles. The van der Waals surface area contributed by atoms with Gasteiger partial charge in [-0.05, 0) is 24.1 Å². The van der Waals surface area contributed by atoms with Crippen molar-refractivity contribution in [2.24, 2.45) is 5.73 Å². The number of aromatic nitrogens is 3. The van der Waals surface area contributed by atoms with Gasteiger partial charge >= 0.3 is 0 Å². The lowest BCUT2D eigenvalue weighted by Crippen LogP contribution is -2.24. The molecule has 29 heavy (non-hydrogen) atoms. The predicted molar refractivity (Wildman–Crippen MR) is 104 cm³/mol. The maximum atomic E-state index is 13.9. The fraction of sp³-hybridized carbons (Fsp3) is 0.263. The van der Waals surface area contributed by atoms with E-state index in [0.717, 1.165) is 0 Å². The van der Waals surface area contributed by atoms with Crippen molar-refractivity contribution in [1.29, 1.82) is 0 Å². The number of amides is 2. The van der Waals surface area contributed by atoms with Gasteiger partial charge in [0.25, 0.3) is 0 Å². The van der Waals surface area contributed by atoms with E-state index in [-0.39, 0.29) is 24.9 Å². The minimum atomic E-state index is -2.90. The number of nitrogens with one attached hydrogen (secondary N) is 1. The van der Waals surface area contributed by atoms with Crippen molar-refractivity contribution in [3.8, 4) is 5.69 Å². The van der Waals surface area contributed by atoms with Gasteiger partial charge in [-0.1, -0.05) is 11.6 Å². The highest BCUT2D eigenvalue weighted by atomic mass is 35.5. The van der Waals surface area contributed by atoms with Crippen LogP contribution in [0, 0.1) is 0 Å². The van der Waals surface area contributed by atoms with Crippen LogP contribution in [0.2, 0.25) is 5.02 Å². The second-order valence-electron chi connectivity index (χ2n) is 6.54. The van der Waals surface area contributed by atoms with Gasteiger partial charge in [-0.2, -0.15) is 0 Å². The number of carbonyl (C=O) groups excluding carboxylic acids is 2. The van der Waals surface area contributed by atoms with Crippen LogP contribution in [0.5, 0.6) is 0 Å². The molecule has 7 nitrogen and oxygen atoms in total. The third-order valence-electron chi connectivity index (χ3n) is 4.44. The fourth-order valence-electron chi connectivity index (χ4n) is 2.91. The molecule has 3 aromatic rings. The minimum absolute atomic E-state index is 0.0825. The Morgan fingerprint density at radius 3 is 2.79 bits per heavy atom. The number of nitrogens with zero attached hydrogens (tertiary/aromatic N) is 3. The number of hydrogen-bond donors (Lipinski definition) is 2. The third kappa shape index (κ3) is 4.86. The van der Waals surface area contributed by atoms with Crippen LogP contribution in [0.3, 0.4) is 0 Å². The van der Waals surface area contributed by atoms with Crippen LogP contribution in [-0.2, 0) is 11.2 Å². The normalized spacial score (nSPS) is 11.6. The zero-order valence-corrected chi connectivity index (χ0v) is 16.0. The molecule has 0 saturated carbocycles. The largest absolute Gasteiger partial charge is 0.366 e. The lowest BCUT2D eigenvalue weighted by molar-refractivity contribution is -0.109. The van der Waals surface area contributed by atoms with Gasteiger partial charge in [0.2, 0.25) is 18.2 Å². The standard InChI is InChI=1S/C19H18ClF2N5O2/c20-16-10-27(14-6-13(17(23)29)8-25-9-14)18-15(16)5-12(7-26-18)1-2-19(21,22)3-4-24-11-28/h5-11H,1-4H2,(H2,23,29)(H,24,28). The zero-order valence-electron chi connectivity index (χ0n) is 15.2. The molecule has 10 heteroatoms. The van der Waals surface area contributed by atoms with Gasteiger partial charge in [0.1, 0.15) is 5.65 Å². The molecule has 0 saturated heterocycles. The number of primary amides is 1. The lowest BCUT2D eigenvalue weighted by Gasteiger charge is -2.15. The Morgan fingerprint density at radius 1 is 1.28 bits per heavy atom. The van der Waals surface area contributed by atoms with Crippen LogP contribution in [0.4, 0.5) is 8.78 Å². The van der Waals surface area contributed by atoms with Gasteiger partial charge in [0.05, 0.1) is 22.5 Å². The quantitative estimate of drug-likeness (QED) is 0.409. The number of aryl methyl sites for hydroxylation is 1. The van der Waals surface area contributed by atoms with E-state index in [1.54, 1.807) is 22.9 Å². The van der Waals surface area contributed by atoms with Crippen molar-refractivity contribution < 1.29 is 18.4 Å². The lowest BCUT2D eigenvalue weighted by atomic mass is 10.0. The molecule has 0 unspecified atom stereocenters. The highest BCUT2D eigenvalue weighted by Crippen LogP contribution is 2.30. The average molecular weight is 422 g/mol. The van der Waals surface area contributed by atoms with E-state index < -0.39 is 18.3 Å². The van der Waals surface area contributed by atoms with E-state index in [2.05, 4.69) is 15.3 Å². The number of hydrogen-bond acceptors (Lipinski definition) is 4. The summed E-state index contributed by atoms with van der Waals surface area (Å²) in [6.45, 7) is -0.0825. The molecular weight excluding hydrogens is 404 g/mol. The van der Waals surface area contributed by atoms with Gasteiger partial charge in [0, 0.05) is 43.4 Å². The van der Waals surface area contributed by atoms with Crippen molar-refractivity contribution in [3.05, 3.63) is 53.1 Å². The van der Waals surface area contributed by atoms with E-state index in [9.17, 15) is 18.4 Å². The summed E-state index contributed by atoms with van der Waals surface area (Å²) in [7, 11) is 0. The molecule has 0 radical (unpaired) electrons. The first-order valence-corrected chi connectivity index (χ1v) is 9.14. The van der Waals surface area contributed by atoms with Crippen LogP contribution in [0.25, 0.3) is 16.7 Å². The van der Waals surface area contributed by atoms with Gasteiger partial charge < -0.3 is 11.1 Å². The summed E-state index contributed by atoms with van der Waals surface area (Å²) in [6, 6.07) is 3.28. The highest BCUT2D eigenvalue weighted by Gasteiger charge is 2.28. The number of alkyl halides is 2. The summed E-state index contributed by atoms with van der Waals surface area (Å²) in [5.74, 6) is -3.51. The molecule has 3 heterocycles. The Bertz CT molecular complexity index is 1050. The van der Waals surface area contributed by atoms with Gasteiger partial charge in [-0.3, -0.25) is 19.1 Å². The number of fused-ring (bicyclic) bond motifs is 1. The Balaban J connectivity index is 1.83. The SMILES string of the molecule is NC(=O)c1cncc(-n2cc(Cl)c3cc(CCC(F)(F)CCNC=O)cnc32)c1. The molecule has 3 N–H and O–H groups in total. The molecule has 0 aliphatic rings. The molecular formula is C19H18ClF2N5O2. The van der Waals surface area contributed by atoms with E-state index in [1.807, 2.05) is 0 Å². The van der Waals surface area contributed by atoms with Crippen LogP contribution in [-0.4, -0.2) is 39.3 Å². The second-order valence-corrected chi connectivity index (χ2v) is 6.94. The van der Waals surface area contributed by atoms with Crippen LogP contribution < -0.4 is 11.1 Å². The van der Waals surface area contributed by atoms with Crippen molar-refractivity contribution in [3.63, 3.8) is 0 Å². The molecule has 0 atom stereocenters.